The Labute approximate surface area is 151 Å². The summed E-state index contributed by atoms with van der Waals surface area (Å²) < 4.78 is 0.333. The lowest BCUT2D eigenvalue weighted by molar-refractivity contribution is -0.384. The molecule has 24 heavy (non-hydrogen) atoms. The number of nitrogens with zero attached hydrogens (tertiary/aromatic N) is 2. The average Bonchev–Trinajstić information content (AvgIpc) is 2.76. The highest BCUT2D eigenvalue weighted by Gasteiger charge is 2.31. The van der Waals surface area contributed by atoms with Crippen LogP contribution in [0.2, 0.25) is 5.02 Å². The van der Waals surface area contributed by atoms with E-state index in [9.17, 15) is 19.7 Å². The summed E-state index contributed by atoms with van der Waals surface area (Å²) >= 11 is 12.0. The monoisotopic (exact) mass is 386 g/mol. The van der Waals surface area contributed by atoms with Crippen molar-refractivity contribution in [2.24, 2.45) is 0 Å². The summed E-state index contributed by atoms with van der Waals surface area (Å²) in [4.78, 5) is 34.8. The quantitative estimate of drug-likeness (QED) is 0.346. The van der Waals surface area contributed by atoms with Gasteiger partial charge in [0.05, 0.1) is 9.83 Å². The van der Waals surface area contributed by atoms with Crippen molar-refractivity contribution in [3.8, 4) is 0 Å². The Balaban J connectivity index is 2.18. The Bertz CT molecular complexity index is 766. The molecule has 10 heteroatoms. The second-order valence-corrected chi connectivity index (χ2v) is 6.88. The lowest BCUT2D eigenvalue weighted by atomic mass is 10.2. The van der Waals surface area contributed by atoms with Crippen molar-refractivity contribution >= 4 is 63.5 Å². The number of thiocarbonyl (C=S) groups is 1. The maximum absolute atomic E-state index is 12.3. The predicted molar refractivity (Wildman–Crippen MR) is 94.9 cm³/mol. The van der Waals surface area contributed by atoms with Crippen LogP contribution < -0.4 is 0 Å². The highest BCUT2D eigenvalue weighted by atomic mass is 35.5. The molecule has 1 aromatic rings. The van der Waals surface area contributed by atoms with Gasteiger partial charge < -0.3 is 5.11 Å². The minimum atomic E-state index is -0.940. The molecular formula is C14H11ClN2O5S2. The third kappa shape index (κ3) is 4.31. The number of carboxylic acids is 1. The second-order valence-electron chi connectivity index (χ2n) is 4.80. The molecule has 0 aliphatic carbocycles. The fourth-order valence-corrected chi connectivity index (χ4v) is 3.49. The van der Waals surface area contributed by atoms with Gasteiger partial charge in [0, 0.05) is 19.0 Å². The van der Waals surface area contributed by atoms with Crippen LogP contribution >= 0.6 is 35.6 Å². The number of carboxylic acid groups (broad SMARTS) is 1. The zero-order valence-corrected chi connectivity index (χ0v) is 14.5. The zero-order valence-electron chi connectivity index (χ0n) is 12.1. The Morgan fingerprint density at radius 2 is 2.21 bits per heavy atom. The van der Waals surface area contributed by atoms with Crippen LogP contribution in [0.25, 0.3) is 6.08 Å². The maximum atomic E-state index is 12.3. The number of nitro benzene ring substituents is 1. The first-order valence-electron chi connectivity index (χ1n) is 6.70. The molecule has 1 saturated heterocycles. The van der Waals surface area contributed by atoms with Crippen molar-refractivity contribution in [3.05, 3.63) is 43.8 Å². The molecule has 1 fully saturated rings. The molecule has 0 radical (unpaired) electrons. The summed E-state index contributed by atoms with van der Waals surface area (Å²) in [6, 6.07) is 4.23. The minimum absolute atomic E-state index is 0.0124. The molecule has 7 nitrogen and oxygen atoms in total. The normalized spacial score (nSPS) is 16.0. The summed E-state index contributed by atoms with van der Waals surface area (Å²) in [5.41, 5.74) is 0.208. The van der Waals surface area contributed by atoms with Crippen molar-refractivity contribution in [2.75, 3.05) is 6.54 Å². The second kappa shape index (κ2) is 7.73. The molecule has 0 unspecified atom stereocenters. The van der Waals surface area contributed by atoms with Crippen LogP contribution in [0, 0.1) is 10.1 Å². The molecule has 0 atom stereocenters. The van der Waals surface area contributed by atoms with Crippen molar-refractivity contribution in [1.29, 1.82) is 0 Å². The van der Waals surface area contributed by atoms with Gasteiger partial charge in [0.25, 0.3) is 11.6 Å². The first-order chi connectivity index (χ1) is 11.3. The summed E-state index contributed by atoms with van der Waals surface area (Å²) in [7, 11) is 0. The van der Waals surface area contributed by atoms with Gasteiger partial charge in [-0.1, -0.05) is 41.6 Å². The number of carbonyl (C=O) groups excluding carboxylic acids is 1. The van der Waals surface area contributed by atoms with E-state index in [1.165, 1.54) is 23.1 Å². The minimum Gasteiger partial charge on any atom is -0.481 e. The predicted octanol–water partition coefficient (Wildman–Crippen LogP) is 3.31. The molecule has 126 valence electrons. The largest absolute Gasteiger partial charge is 0.481 e. The van der Waals surface area contributed by atoms with Crippen molar-refractivity contribution in [3.63, 3.8) is 0 Å². The van der Waals surface area contributed by atoms with Crippen LogP contribution in [0.3, 0.4) is 0 Å². The van der Waals surface area contributed by atoms with Crippen LogP contribution in [0.5, 0.6) is 0 Å². The number of carbonyl (C=O) groups is 2. The first kappa shape index (κ1) is 18.4. The van der Waals surface area contributed by atoms with Gasteiger partial charge in [-0.15, -0.1) is 0 Å². The zero-order chi connectivity index (χ0) is 17.9. The number of hydrogen-bond donors (Lipinski definition) is 1. The highest BCUT2D eigenvalue weighted by Crippen LogP contribution is 2.34. The van der Waals surface area contributed by atoms with Crippen molar-refractivity contribution in [2.45, 2.75) is 12.8 Å². The fourth-order valence-electron chi connectivity index (χ4n) is 1.99. The van der Waals surface area contributed by atoms with Crippen LogP contribution in [0.1, 0.15) is 18.4 Å². The molecule has 0 aromatic heterocycles. The van der Waals surface area contributed by atoms with Crippen LogP contribution in [-0.2, 0) is 9.59 Å². The van der Waals surface area contributed by atoms with Gasteiger partial charge in [-0.2, -0.15) is 0 Å². The van der Waals surface area contributed by atoms with E-state index in [2.05, 4.69) is 0 Å². The maximum Gasteiger partial charge on any atom is 0.303 e. The lowest BCUT2D eigenvalue weighted by Gasteiger charge is -2.13. The Morgan fingerprint density at radius 1 is 1.50 bits per heavy atom. The molecule has 0 saturated carbocycles. The molecule has 1 aliphatic heterocycles. The number of nitro groups is 1. The first-order valence-corrected chi connectivity index (χ1v) is 8.31. The molecule has 1 aliphatic rings. The number of halogens is 1. The van der Waals surface area contributed by atoms with Gasteiger partial charge in [-0.25, -0.2) is 0 Å². The summed E-state index contributed by atoms with van der Waals surface area (Å²) in [5.74, 6) is -1.28. The van der Waals surface area contributed by atoms with Crippen LogP contribution in [0.4, 0.5) is 5.69 Å². The van der Waals surface area contributed by atoms with E-state index in [-0.39, 0.29) is 29.6 Å². The van der Waals surface area contributed by atoms with E-state index >= 15 is 0 Å². The third-order valence-electron chi connectivity index (χ3n) is 3.11. The van der Waals surface area contributed by atoms with Gasteiger partial charge in [0.1, 0.15) is 9.34 Å². The molecule has 1 amide bonds. The number of aliphatic carboxylic acids is 1. The van der Waals surface area contributed by atoms with E-state index in [0.717, 1.165) is 11.8 Å². The van der Waals surface area contributed by atoms with E-state index < -0.39 is 10.9 Å². The van der Waals surface area contributed by atoms with E-state index in [1.807, 2.05) is 0 Å². The van der Waals surface area contributed by atoms with Crippen molar-refractivity contribution < 1.29 is 19.6 Å². The van der Waals surface area contributed by atoms with Gasteiger partial charge in [0.15, 0.2) is 0 Å². The standard InChI is InChI=1S/C14H11ClN2O5S2/c15-9-4-3-8(6-10(9)17(21)22)7-11-13(20)16(14(23)24-11)5-1-2-12(18)19/h3-4,6-7H,1-2,5H2,(H,18,19)/b11-7-. The molecule has 1 N–H and O–H groups in total. The summed E-state index contributed by atoms with van der Waals surface area (Å²) in [6.45, 7) is 0.217. The lowest BCUT2D eigenvalue weighted by Crippen LogP contribution is -2.29. The molecular weight excluding hydrogens is 376 g/mol. The van der Waals surface area contributed by atoms with Gasteiger partial charge in [-0.3, -0.25) is 24.6 Å². The van der Waals surface area contributed by atoms with Gasteiger partial charge in [0.2, 0.25) is 0 Å². The van der Waals surface area contributed by atoms with Crippen LogP contribution in [0.15, 0.2) is 23.1 Å². The Morgan fingerprint density at radius 3 is 2.83 bits per heavy atom. The third-order valence-corrected chi connectivity index (χ3v) is 4.81. The summed E-state index contributed by atoms with van der Waals surface area (Å²) in [6.07, 6.45) is 1.74. The van der Waals surface area contributed by atoms with Crippen molar-refractivity contribution in [1.82, 2.24) is 4.90 Å². The number of hydrogen-bond acceptors (Lipinski definition) is 6. The van der Waals surface area contributed by atoms with Gasteiger partial charge in [-0.05, 0) is 24.1 Å². The Kier molecular flexibility index (Phi) is 5.92. The SMILES string of the molecule is O=C(O)CCCN1C(=O)/C(=C/c2ccc(Cl)c([N+](=O)[O-])c2)SC1=S. The molecule has 2 rings (SSSR count). The van der Waals surface area contributed by atoms with E-state index in [1.54, 1.807) is 6.07 Å². The average molecular weight is 387 g/mol. The Hall–Kier alpha value is -1.97. The van der Waals surface area contributed by atoms with Crippen LogP contribution in [-0.4, -0.2) is 37.7 Å². The number of thioether (sulfide) groups is 1. The molecule has 1 heterocycles. The van der Waals surface area contributed by atoms with E-state index in [0.29, 0.717) is 21.2 Å². The topological polar surface area (TPSA) is 101 Å². The number of benzene rings is 1. The number of rotatable bonds is 6. The van der Waals surface area contributed by atoms with Gasteiger partial charge >= 0.3 is 5.97 Å². The molecule has 0 spiro atoms. The molecule has 0 bridgehead atoms. The summed E-state index contributed by atoms with van der Waals surface area (Å²) in [5, 5.41) is 19.6. The fraction of sp³-hybridized carbons (Fsp3) is 0.214. The highest BCUT2D eigenvalue weighted by molar-refractivity contribution is 8.26. The van der Waals surface area contributed by atoms with E-state index in [4.69, 9.17) is 28.9 Å². The smallest absolute Gasteiger partial charge is 0.303 e. The number of amides is 1. The molecule has 1 aromatic carbocycles.